The molecule has 0 bridgehead atoms. The van der Waals surface area contributed by atoms with Crippen molar-refractivity contribution in [1.29, 1.82) is 0 Å². The molecule has 13 heavy (non-hydrogen) atoms. The van der Waals surface area contributed by atoms with E-state index in [4.69, 9.17) is 4.74 Å². The summed E-state index contributed by atoms with van der Waals surface area (Å²) < 4.78 is 7.65. The minimum absolute atomic E-state index is 0.308. The number of rotatable bonds is 1. The van der Waals surface area contributed by atoms with Gasteiger partial charge in [-0.05, 0) is 6.92 Å². The fourth-order valence-electron chi connectivity index (χ4n) is 1.51. The molecule has 2 rings (SSSR count). The van der Waals surface area contributed by atoms with Crippen molar-refractivity contribution in [3.05, 3.63) is 6.20 Å². The number of aryl methyl sites for hydroxylation is 1. The predicted octanol–water partition coefficient (Wildman–Crippen LogP) is 1.12. The van der Waals surface area contributed by atoms with Crippen LogP contribution in [0.3, 0.4) is 0 Å². The Hall–Kier alpha value is -1.19. The molecule has 72 valence electrons. The van der Waals surface area contributed by atoms with Crippen molar-refractivity contribution in [2.75, 3.05) is 19.0 Å². The number of anilines is 1. The molecule has 0 N–H and O–H groups in total. The summed E-state index contributed by atoms with van der Waals surface area (Å²) in [7, 11) is 4.00. The second-order valence-electron chi connectivity index (χ2n) is 3.67. The molecule has 0 radical (unpaired) electrons. The zero-order valence-corrected chi connectivity index (χ0v) is 8.32. The highest BCUT2D eigenvalue weighted by molar-refractivity contribution is 5.53. The molecule has 0 aromatic carbocycles. The largest absolute Gasteiger partial charge is 0.473 e. The van der Waals surface area contributed by atoms with E-state index in [0.717, 1.165) is 24.5 Å². The predicted molar refractivity (Wildman–Crippen MR) is 51.3 cm³/mol. The van der Waals surface area contributed by atoms with Gasteiger partial charge in [0, 0.05) is 27.1 Å². The summed E-state index contributed by atoms with van der Waals surface area (Å²) in [5, 5.41) is 4.26. The molecule has 0 fully saturated rings. The van der Waals surface area contributed by atoms with E-state index in [0.29, 0.717) is 6.10 Å². The SMILES string of the molecule is CC1CCn2ncc(N(C)C)c2O1. The summed E-state index contributed by atoms with van der Waals surface area (Å²) in [6.45, 7) is 3.06. The number of nitrogens with zero attached hydrogens (tertiary/aromatic N) is 3. The first kappa shape index (κ1) is 8.41. The minimum atomic E-state index is 0.308. The maximum Gasteiger partial charge on any atom is 0.236 e. The summed E-state index contributed by atoms with van der Waals surface area (Å²) in [6.07, 6.45) is 3.21. The molecule has 0 amide bonds. The van der Waals surface area contributed by atoms with Crippen molar-refractivity contribution in [1.82, 2.24) is 9.78 Å². The molecule has 0 spiro atoms. The highest BCUT2D eigenvalue weighted by atomic mass is 16.5. The Kier molecular flexibility index (Phi) is 1.90. The van der Waals surface area contributed by atoms with E-state index in [9.17, 15) is 0 Å². The van der Waals surface area contributed by atoms with Crippen LogP contribution < -0.4 is 9.64 Å². The Morgan fingerprint density at radius 3 is 3.08 bits per heavy atom. The molecule has 0 saturated carbocycles. The van der Waals surface area contributed by atoms with Crippen LogP contribution in [0.25, 0.3) is 0 Å². The van der Waals surface area contributed by atoms with Crippen LogP contribution in [0.4, 0.5) is 5.69 Å². The van der Waals surface area contributed by atoms with Crippen LogP contribution in [-0.4, -0.2) is 30.0 Å². The molecular formula is C9H15N3O. The first-order chi connectivity index (χ1) is 6.18. The Bertz CT molecular complexity index is 306. The topological polar surface area (TPSA) is 30.3 Å². The van der Waals surface area contributed by atoms with E-state index in [1.54, 1.807) is 0 Å². The van der Waals surface area contributed by atoms with Gasteiger partial charge < -0.3 is 9.64 Å². The molecule has 1 aliphatic rings. The number of aromatic nitrogens is 2. The molecule has 1 aliphatic heterocycles. The third-order valence-corrected chi connectivity index (χ3v) is 2.32. The zero-order valence-electron chi connectivity index (χ0n) is 8.32. The summed E-state index contributed by atoms with van der Waals surface area (Å²) in [5.41, 5.74) is 1.06. The highest BCUT2D eigenvalue weighted by Crippen LogP contribution is 2.30. The van der Waals surface area contributed by atoms with E-state index in [1.807, 2.05) is 29.9 Å². The molecule has 1 atom stereocenters. The van der Waals surface area contributed by atoms with Crippen LogP contribution in [-0.2, 0) is 6.54 Å². The van der Waals surface area contributed by atoms with Crippen molar-refractivity contribution < 1.29 is 4.74 Å². The van der Waals surface area contributed by atoms with Gasteiger partial charge in [0.15, 0.2) is 0 Å². The van der Waals surface area contributed by atoms with Crippen molar-refractivity contribution in [2.24, 2.45) is 0 Å². The summed E-state index contributed by atoms with van der Waals surface area (Å²) in [5.74, 6) is 0.906. The fraction of sp³-hybridized carbons (Fsp3) is 0.667. The quantitative estimate of drug-likeness (QED) is 0.650. The van der Waals surface area contributed by atoms with Gasteiger partial charge in [-0.2, -0.15) is 5.10 Å². The third kappa shape index (κ3) is 1.36. The third-order valence-electron chi connectivity index (χ3n) is 2.32. The van der Waals surface area contributed by atoms with Crippen molar-refractivity contribution >= 4 is 5.69 Å². The minimum Gasteiger partial charge on any atom is -0.473 e. The normalized spacial score (nSPS) is 20.7. The van der Waals surface area contributed by atoms with Crippen LogP contribution in [0, 0.1) is 0 Å². The molecule has 1 unspecified atom stereocenters. The zero-order chi connectivity index (χ0) is 9.42. The van der Waals surface area contributed by atoms with Crippen molar-refractivity contribution in [3.8, 4) is 5.88 Å². The van der Waals surface area contributed by atoms with Crippen LogP contribution in [0.1, 0.15) is 13.3 Å². The van der Waals surface area contributed by atoms with Gasteiger partial charge in [0.2, 0.25) is 5.88 Å². The van der Waals surface area contributed by atoms with Crippen LogP contribution in [0.2, 0.25) is 0 Å². The average molecular weight is 181 g/mol. The van der Waals surface area contributed by atoms with E-state index < -0.39 is 0 Å². The van der Waals surface area contributed by atoms with Gasteiger partial charge in [-0.25, -0.2) is 4.68 Å². The van der Waals surface area contributed by atoms with Crippen LogP contribution in [0.15, 0.2) is 6.20 Å². The average Bonchev–Trinajstić information content (AvgIpc) is 2.46. The van der Waals surface area contributed by atoms with Gasteiger partial charge >= 0.3 is 0 Å². The van der Waals surface area contributed by atoms with Gasteiger partial charge in [-0.3, -0.25) is 0 Å². The Morgan fingerprint density at radius 2 is 2.38 bits per heavy atom. The van der Waals surface area contributed by atoms with Crippen molar-refractivity contribution in [2.45, 2.75) is 26.0 Å². The second kappa shape index (κ2) is 2.94. The Morgan fingerprint density at radius 1 is 1.62 bits per heavy atom. The molecule has 1 aromatic rings. The molecule has 2 heterocycles. The molecule has 4 nitrogen and oxygen atoms in total. The van der Waals surface area contributed by atoms with Gasteiger partial charge in [-0.15, -0.1) is 0 Å². The maximum absolute atomic E-state index is 5.72. The first-order valence-electron chi connectivity index (χ1n) is 4.58. The fourth-order valence-corrected chi connectivity index (χ4v) is 1.51. The van der Waals surface area contributed by atoms with Crippen LogP contribution in [0.5, 0.6) is 5.88 Å². The van der Waals surface area contributed by atoms with E-state index in [1.165, 1.54) is 0 Å². The van der Waals surface area contributed by atoms with E-state index >= 15 is 0 Å². The lowest BCUT2D eigenvalue weighted by molar-refractivity contribution is 0.150. The lowest BCUT2D eigenvalue weighted by Gasteiger charge is -2.23. The second-order valence-corrected chi connectivity index (χ2v) is 3.67. The molecule has 1 aromatic heterocycles. The smallest absolute Gasteiger partial charge is 0.236 e. The summed E-state index contributed by atoms with van der Waals surface area (Å²) >= 11 is 0. The Labute approximate surface area is 78.1 Å². The molecule has 0 aliphatic carbocycles. The highest BCUT2D eigenvalue weighted by Gasteiger charge is 2.21. The number of fused-ring (bicyclic) bond motifs is 1. The van der Waals surface area contributed by atoms with Crippen LogP contribution >= 0.6 is 0 Å². The lowest BCUT2D eigenvalue weighted by Crippen LogP contribution is -2.24. The number of hydrogen-bond donors (Lipinski definition) is 0. The van der Waals surface area contributed by atoms with E-state index in [2.05, 4.69) is 12.0 Å². The summed E-state index contributed by atoms with van der Waals surface area (Å²) in [6, 6.07) is 0. The number of hydrogen-bond acceptors (Lipinski definition) is 3. The van der Waals surface area contributed by atoms with Gasteiger partial charge in [-0.1, -0.05) is 0 Å². The molecular weight excluding hydrogens is 166 g/mol. The maximum atomic E-state index is 5.72. The monoisotopic (exact) mass is 181 g/mol. The molecule has 4 heteroatoms. The Balaban J connectivity index is 2.35. The van der Waals surface area contributed by atoms with Gasteiger partial charge in [0.25, 0.3) is 0 Å². The lowest BCUT2D eigenvalue weighted by atomic mass is 10.2. The number of ether oxygens (including phenoxy) is 1. The summed E-state index contributed by atoms with van der Waals surface area (Å²) in [4.78, 5) is 2.02. The van der Waals surface area contributed by atoms with Gasteiger partial charge in [0.1, 0.15) is 5.69 Å². The standard InChI is InChI=1S/C9H15N3O/c1-7-4-5-12-9(13-7)8(6-10-12)11(2)3/h6-7H,4-5H2,1-3H3. The van der Waals surface area contributed by atoms with Crippen molar-refractivity contribution in [3.63, 3.8) is 0 Å². The molecule has 0 saturated heterocycles. The van der Waals surface area contributed by atoms with E-state index in [-0.39, 0.29) is 0 Å². The van der Waals surface area contributed by atoms with Gasteiger partial charge in [0.05, 0.1) is 12.3 Å². The first-order valence-corrected chi connectivity index (χ1v) is 4.58.